The third kappa shape index (κ3) is 3.29. The highest BCUT2D eigenvalue weighted by Crippen LogP contribution is 2.56. The van der Waals surface area contributed by atoms with E-state index >= 15 is 0 Å². The van der Waals surface area contributed by atoms with E-state index in [0.717, 1.165) is 23.6 Å². The Bertz CT molecular complexity index is 666. The highest BCUT2D eigenvalue weighted by Gasteiger charge is 2.45. The van der Waals surface area contributed by atoms with Gasteiger partial charge in [-0.2, -0.15) is 0 Å². The van der Waals surface area contributed by atoms with E-state index in [1.807, 2.05) is 25.1 Å². The Morgan fingerprint density at radius 3 is 2.40 bits per heavy atom. The van der Waals surface area contributed by atoms with Crippen molar-refractivity contribution in [2.45, 2.75) is 51.1 Å². The van der Waals surface area contributed by atoms with Crippen LogP contribution in [0.25, 0.3) is 5.70 Å². The molecule has 3 nitrogen and oxygen atoms in total. The van der Waals surface area contributed by atoms with E-state index in [1.165, 1.54) is 38.5 Å². The van der Waals surface area contributed by atoms with Crippen molar-refractivity contribution in [1.82, 2.24) is 5.32 Å². The van der Waals surface area contributed by atoms with E-state index < -0.39 is 13.6 Å². The molecule has 2 aliphatic heterocycles. The zero-order valence-corrected chi connectivity index (χ0v) is 16.0. The van der Waals surface area contributed by atoms with Crippen molar-refractivity contribution in [2.75, 3.05) is 12.3 Å². The molecule has 25 heavy (non-hydrogen) atoms. The molecule has 4 heteroatoms. The Morgan fingerprint density at radius 1 is 1.12 bits per heavy atom. The molecule has 1 aliphatic carbocycles. The molecule has 0 bridgehead atoms. The van der Waals surface area contributed by atoms with Crippen LogP contribution >= 0.6 is 7.92 Å². The number of hydrogen-bond donors (Lipinski definition) is 2. The first-order valence-corrected chi connectivity index (χ1v) is 11.3. The van der Waals surface area contributed by atoms with Gasteiger partial charge in [-0.05, 0) is 69.9 Å². The molecule has 1 saturated carbocycles. The summed E-state index contributed by atoms with van der Waals surface area (Å²) >= 11 is 0. The van der Waals surface area contributed by atoms with Gasteiger partial charge in [0.05, 0.1) is 11.6 Å². The van der Waals surface area contributed by atoms with Crippen LogP contribution in [0.15, 0.2) is 36.4 Å². The monoisotopic (exact) mass is 356 g/mol. The molecule has 4 rings (SSSR count). The van der Waals surface area contributed by atoms with Gasteiger partial charge in [0.15, 0.2) is 5.52 Å². The molecule has 0 aromatic heterocycles. The number of benzene rings is 1. The molecule has 1 saturated heterocycles. The maximum absolute atomic E-state index is 13.3. The summed E-state index contributed by atoms with van der Waals surface area (Å²) in [5.74, 6) is -0.202. The first-order valence-electron chi connectivity index (χ1n) is 9.62. The third-order valence-corrected chi connectivity index (χ3v) is 8.96. The largest absolute Gasteiger partial charge is 0.366 e. The van der Waals surface area contributed by atoms with Crippen LogP contribution in [0.1, 0.15) is 51.0 Å². The van der Waals surface area contributed by atoms with Gasteiger partial charge in [0.2, 0.25) is 0 Å². The Kier molecular flexibility index (Phi) is 4.50. The summed E-state index contributed by atoms with van der Waals surface area (Å²) < 4.78 is 0. The van der Waals surface area contributed by atoms with E-state index in [4.69, 9.17) is 5.73 Å². The topological polar surface area (TPSA) is 55.1 Å². The Hall–Kier alpha value is -1.18. The van der Waals surface area contributed by atoms with E-state index in [0.29, 0.717) is 10.9 Å². The minimum atomic E-state index is -0.674. The van der Waals surface area contributed by atoms with Crippen molar-refractivity contribution in [3.63, 3.8) is 0 Å². The molecular formula is C21H29N2OP. The van der Waals surface area contributed by atoms with Crippen molar-refractivity contribution >= 4 is 19.1 Å². The van der Waals surface area contributed by atoms with Gasteiger partial charge in [-0.3, -0.25) is 4.79 Å². The van der Waals surface area contributed by atoms with Crippen LogP contribution in [0, 0.1) is 11.3 Å². The summed E-state index contributed by atoms with van der Waals surface area (Å²) in [7, 11) is -0.536. The molecule has 1 aromatic rings. The molecule has 3 aliphatic rings. The first-order chi connectivity index (χ1) is 12.0. The lowest BCUT2D eigenvalue weighted by Crippen LogP contribution is -2.53. The second kappa shape index (κ2) is 6.52. The van der Waals surface area contributed by atoms with Crippen LogP contribution in [0.5, 0.6) is 0 Å². The normalized spacial score (nSPS) is 31.8. The predicted octanol–water partition coefficient (Wildman–Crippen LogP) is 4.28. The highest BCUT2D eigenvalue weighted by atomic mass is 31.1. The molecule has 1 spiro atoms. The van der Waals surface area contributed by atoms with Gasteiger partial charge in [0, 0.05) is 5.70 Å². The zero-order chi connectivity index (χ0) is 17.5. The van der Waals surface area contributed by atoms with Gasteiger partial charge in [-0.25, -0.2) is 0 Å². The number of carbonyl (C=O) groups is 1. The minimum Gasteiger partial charge on any atom is -0.366 e. The van der Waals surface area contributed by atoms with Gasteiger partial charge >= 0.3 is 0 Å². The number of hydrogen-bond acceptors (Lipinski definition) is 3. The SMILES string of the molecule is CC1(N)NC(c2ccccc2)=CC1C(=O)P1CCC2(CCCC2)CC1. The number of nitrogens with two attached hydrogens (primary N) is 1. The summed E-state index contributed by atoms with van der Waals surface area (Å²) in [6.07, 6.45) is 12.4. The van der Waals surface area contributed by atoms with Crippen LogP contribution in [0.4, 0.5) is 0 Å². The molecule has 2 fully saturated rings. The fraction of sp³-hybridized carbons (Fsp3) is 0.571. The lowest BCUT2D eigenvalue weighted by molar-refractivity contribution is -0.115. The van der Waals surface area contributed by atoms with E-state index in [-0.39, 0.29) is 5.92 Å². The average molecular weight is 356 g/mol. The molecule has 2 unspecified atom stereocenters. The molecule has 2 heterocycles. The summed E-state index contributed by atoms with van der Waals surface area (Å²) in [4.78, 5) is 13.3. The van der Waals surface area contributed by atoms with Crippen molar-refractivity contribution in [3.05, 3.63) is 42.0 Å². The second-order valence-electron chi connectivity index (χ2n) is 8.36. The summed E-state index contributed by atoms with van der Waals surface area (Å²) in [6.45, 7) is 1.96. The lowest BCUT2D eigenvalue weighted by atomic mass is 9.80. The molecular weight excluding hydrogens is 327 g/mol. The van der Waals surface area contributed by atoms with Gasteiger partial charge in [-0.15, -0.1) is 0 Å². The maximum Gasteiger partial charge on any atom is 0.164 e. The number of rotatable bonds is 3. The lowest BCUT2D eigenvalue weighted by Gasteiger charge is -2.38. The Balaban J connectivity index is 1.48. The minimum absolute atomic E-state index is 0.202. The standard InChI is InChI=1S/C21H29N2OP/c1-20(22)17(15-18(23-20)16-7-3-2-4-8-16)19(24)25-13-11-21(12-14-25)9-5-6-10-21/h2-4,7-8,15,17,23H,5-6,9-14,22H2,1H3. The zero-order valence-electron chi connectivity index (χ0n) is 15.1. The van der Waals surface area contributed by atoms with Gasteiger partial charge in [-0.1, -0.05) is 43.2 Å². The van der Waals surface area contributed by atoms with Crippen molar-refractivity contribution in [1.29, 1.82) is 0 Å². The highest BCUT2D eigenvalue weighted by molar-refractivity contribution is 7.74. The molecule has 1 aromatic carbocycles. The Labute approximate surface area is 152 Å². The van der Waals surface area contributed by atoms with Crippen LogP contribution in [0.2, 0.25) is 0 Å². The van der Waals surface area contributed by atoms with Crippen LogP contribution in [0.3, 0.4) is 0 Å². The molecule has 2 atom stereocenters. The van der Waals surface area contributed by atoms with Gasteiger partial charge in [0.1, 0.15) is 0 Å². The van der Waals surface area contributed by atoms with Gasteiger partial charge in [0.25, 0.3) is 0 Å². The fourth-order valence-electron chi connectivity index (χ4n) is 4.89. The molecule has 0 radical (unpaired) electrons. The molecule has 3 N–H and O–H groups in total. The van der Waals surface area contributed by atoms with Crippen molar-refractivity contribution < 1.29 is 4.79 Å². The quantitative estimate of drug-likeness (QED) is 0.795. The average Bonchev–Trinajstić information content (AvgIpc) is 3.20. The predicted molar refractivity (Wildman–Crippen MR) is 105 cm³/mol. The molecule has 0 amide bonds. The second-order valence-corrected chi connectivity index (χ2v) is 10.8. The summed E-state index contributed by atoms with van der Waals surface area (Å²) in [6, 6.07) is 10.2. The van der Waals surface area contributed by atoms with E-state index in [1.54, 1.807) is 0 Å². The number of carbonyl (C=O) groups excluding carboxylic acids is 1. The van der Waals surface area contributed by atoms with Crippen LogP contribution in [-0.2, 0) is 4.79 Å². The first kappa shape index (κ1) is 17.2. The van der Waals surface area contributed by atoms with Crippen LogP contribution in [-0.4, -0.2) is 23.5 Å². The smallest absolute Gasteiger partial charge is 0.164 e. The molecule has 134 valence electrons. The van der Waals surface area contributed by atoms with Crippen LogP contribution < -0.4 is 11.1 Å². The van der Waals surface area contributed by atoms with Gasteiger partial charge < -0.3 is 11.1 Å². The number of nitrogens with one attached hydrogen (secondary N) is 1. The summed E-state index contributed by atoms with van der Waals surface area (Å²) in [5, 5.41) is 3.39. The Morgan fingerprint density at radius 2 is 1.76 bits per heavy atom. The van der Waals surface area contributed by atoms with E-state index in [2.05, 4.69) is 23.5 Å². The third-order valence-electron chi connectivity index (χ3n) is 6.53. The van der Waals surface area contributed by atoms with E-state index in [9.17, 15) is 4.79 Å². The van der Waals surface area contributed by atoms with Crippen molar-refractivity contribution in [3.8, 4) is 0 Å². The van der Waals surface area contributed by atoms with Crippen molar-refractivity contribution in [2.24, 2.45) is 17.1 Å². The fourth-order valence-corrected chi connectivity index (χ4v) is 7.78. The summed E-state index contributed by atoms with van der Waals surface area (Å²) in [5.41, 5.74) is 8.93. The maximum atomic E-state index is 13.3.